The molecular weight excluding hydrogens is 231 g/mol. The zero-order valence-electron chi connectivity index (χ0n) is 9.63. The van der Waals surface area contributed by atoms with Gasteiger partial charge in [-0.1, -0.05) is 25.1 Å². The molecule has 5 heteroatoms. The lowest BCUT2D eigenvalue weighted by Gasteiger charge is -2.16. The molecular formula is C12H16F3NO. The first-order chi connectivity index (χ1) is 7.94. The second kappa shape index (κ2) is 5.91. The Balaban J connectivity index is 2.64. The van der Waals surface area contributed by atoms with Crippen molar-refractivity contribution in [3.63, 3.8) is 0 Å². The second-order valence-electron chi connectivity index (χ2n) is 3.77. The number of para-hydroxylation sites is 1. The minimum Gasteiger partial charge on any atom is -0.493 e. The van der Waals surface area contributed by atoms with Gasteiger partial charge in [0.1, 0.15) is 5.75 Å². The molecule has 1 aromatic carbocycles. The Morgan fingerprint density at radius 1 is 1.29 bits per heavy atom. The molecule has 1 atom stereocenters. The van der Waals surface area contributed by atoms with E-state index in [0.29, 0.717) is 12.2 Å². The first-order valence-corrected chi connectivity index (χ1v) is 5.48. The molecule has 0 fully saturated rings. The number of ether oxygens (including phenoxy) is 1. The number of halogens is 3. The third-order valence-electron chi connectivity index (χ3n) is 2.40. The number of hydrogen-bond acceptors (Lipinski definition) is 2. The summed E-state index contributed by atoms with van der Waals surface area (Å²) in [6, 6.07) is 6.71. The SMILES string of the molecule is CC[C@H](N)c1ccccc1OCCC(F)(F)F. The summed E-state index contributed by atoms with van der Waals surface area (Å²) in [5, 5.41) is 0. The quantitative estimate of drug-likeness (QED) is 0.865. The number of benzene rings is 1. The Hall–Kier alpha value is -1.23. The van der Waals surface area contributed by atoms with Crippen molar-refractivity contribution in [2.75, 3.05) is 6.61 Å². The third-order valence-corrected chi connectivity index (χ3v) is 2.40. The monoisotopic (exact) mass is 247 g/mol. The molecule has 0 unspecified atom stereocenters. The van der Waals surface area contributed by atoms with Crippen molar-refractivity contribution in [1.82, 2.24) is 0 Å². The fourth-order valence-corrected chi connectivity index (χ4v) is 1.41. The number of hydrogen-bond donors (Lipinski definition) is 1. The van der Waals surface area contributed by atoms with Gasteiger partial charge in [-0.3, -0.25) is 0 Å². The van der Waals surface area contributed by atoms with E-state index in [4.69, 9.17) is 10.5 Å². The molecule has 1 rings (SSSR count). The highest BCUT2D eigenvalue weighted by molar-refractivity contribution is 5.35. The Kier molecular flexibility index (Phi) is 4.81. The van der Waals surface area contributed by atoms with Gasteiger partial charge < -0.3 is 10.5 Å². The van der Waals surface area contributed by atoms with Gasteiger partial charge in [0, 0.05) is 11.6 Å². The standard InChI is InChI=1S/C12H16F3NO/c1-2-10(16)9-5-3-4-6-11(9)17-8-7-12(13,14)15/h3-6,10H,2,7-8,16H2,1H3/t10-/m0/s1. The summed E-state index contributed by atoms with van der Waals surface area (Å²) in [7, 11) is 0. The second-order valence-corrected chi connectivity index (χ2v) is 3.77. The summed E-state index contributed by atoms with van der Waals surface area (Å²) in [4.78, 5) is 0. The summed E-state index contributed by atoms with van der Waals surface area (Å²) < 4.78 is 41.1. The molecule has 17 heavy (non-hydrogen) atoms. The van der Waals surface area contributed by atoms with Crippen molar-refractivity contribution in [3.8, 4) is 5.75 Å². The highest BCUT2D eigenvalue weighted by Crippen LogP contribution is 2.26. The topological polar surface area (TPSA) is 35.2 Å². The fourth-order valence-electron chi connectivity index (χ4n) is 1.41. The average molecular weight is 247 g/mol. The van der Waals surface area contributed by atoms with Crippen LogP contribution in [-0.2, 0) is 0 Å². The lowest BCUT2D eigenvalue weighted by atomic mass is 10.0. The van der Waals surface area contributed by atoms with Crippen LogP contribution in [0, 0.1) is 0 Å². The van der Waals surface area contributed by atoms with E-state index in [9.17, 15) is 13.2 Å². The number of rotatable bonds is 5. The first-order valence-electron chi connectivity index (χ1n) is 5.48. The van der Waals surface area contributed by atoms with E-state index in [0.717, 1.165) is 5.56 Å². The minimum atomic E-state index is -4.19. The van der Waals surface area contributed by atoms with Crippen LogP contribution in [0.1, 0.15) is 31.4 Å². The van der Waals surface area contributed by atoms with Gasteiger partial charge >= 0.3 is 6.18 Å². The molecule has 96 valence electrons. The van der Waals surface area contributed by atoms with Crippen LogP contribution in [0.3, 0.4) is 0 Å². The summed E-state index contributed by atoms with van der Waals surface area (Å²) >= 11 is 0. The summed E-state index contributed by atoms with van der Waals surface area (Å²) in [5.74, 6) is 0.436. The Morgan fingerprint density at radius 2 is 1.94 bits per heavy atom. The van der Waals surface area contributed by atoms with Crippen molar-refractivity contribution in [3.05, 3.63) is 29.8 Å². The molecule has 0 aliphatic rings. The smallest absolute Gasteiger partial charge is 0.392 e. The van der Waals surface area contributed by atoms with Gasteiger partial charge in [0.25, 0.3) is 0 Å². The fraction of sp³-hybridized carbons (Fsp3) is 0.500. The largest absolute Gasteiger partial charge is 0.493 e. The molecule has 0 aromatic heterocycles. The number of alkyl halides is 3. The van der Waals surface area contributed by atoms with E-state index in [1.807, 2.05) is 6.92 Å². The van der Waals surface area contributed by atoms with Crippen molar-refractivity contribution < 1.29 is 17.9 Å². The Morgan fingerprint density at radius 3 is 2.53 bits per heavy atom. The molecule has 1 aromatic rings. The van der Waals surface area contributed by atoms with E-state index < -0.39 is 12.6 Å². The minimum absolute atomic E-state index is 0.211. The molecule has 0 spiro atoms. The summed E-state index contributed by atoms with van der Waals surface area (Å²) in [6.07, 6.45) is -4.44. The summed E-state index contributed by atoms with van der Waals surface area (Å²) in [5.41, 5.74) is 6.60. The van der Waals surface area contributed by atoms with Crippen molar-refractivity contribution in [2.45, 2.75) is 32.0 Å². The van der Waals surface area contributed by atoms with Crippen LogP contribution in [0.4, 0.5) is 13.2 Å². The van der Waals surface area contributed by atoms with Crippen LogP contribution in [0.2, 0.25) is 0 Å². The predicted octanol–water partition coefficient (Wildman–Crippen LogP) is 3.43. The van der Waals surface area contributed by atoms with Gasteiger partial charge in [0.2, 0.25) is 0 Å². The molecule has 0 aliphatic heterocycles. The maximum absolute atomic E-state index is 12.0. The van der Waals surface area contributed by atoms with Gasteiger partial charge in [0.15, 0.2) is 0 Å². The van der Waals surface area contributed by atoms with Crippen LogP contribution in [-0.4, -0.2) is 12.8 Å². The van der Waals surface area contributed by atoms with Crippen molar-refractivity contribution in [2.24, 2.45) is 5.73 Å². The normalized spacial score (nSPS) is 13.5. The molecule has 0 radical (unpaired) electrons. The van der Waals surface area contributed by atoms with E-state index in [1.165, 1.54) is 0 Å². The molecule has 0 heterocycles. The average Bonchev–Trinajstić information content (AvgIpc) is 2.27. The van der Waals surface area contributed by atoms with E-state index in [1.54, 1.807) is 24.3 Å². The maximum atomic E-state index is 12.0. The summed E-state index contributed by atoms with van der Waals surface area (Å²) in [6.45, 7) is 1.54. The lowest BCUT2D eigenvalue weighted by molar-refractivity contribution is -0.139. The van der Waals surface area contributed by atoms with Crippen LogP contribution >= 0.6 is 0 Å². The zero-order chi connectivity index (χ0) is 12.9. The first kappa shape index (κ1) is 13.8. The number of nitrogens with two attached hydrogens (primary N) is 1. The molecule has 0 aliphatic carbocycles. The van der Waals surface area contributed by atoms with Gasteiger partial charge in [-0.2, -0.15) is 13.2 Å². The highest BCUT2D eigenvalue weighted by Gasteiger charge is 2.27. The van der Waals surface area contributed by atoms with Gasteiger partial charge in [-0.15, -0.1) is 0 Å². The molecule has 0 saturated heterocycles. The van der Waals surface area contributed by atoms with Crippen LogP contribution in [0.15, 0.2) is 24.3 Å². The Labute approximate surface area is 98.6 Å². The molecule has 0 saturated carbocycles. The third kappa shape index (κ3) is 4.65. The van der Waals surface area contributed by atoms with Crippen molar-refractivity contribution in [1.29, 1.82) is 0 Å². The van der Waals surface area contributed by atoms with Crippen molar-refractivity contribution >= 4 is 0 Å². The van der Waals surface area contributed by atoms with E-state index in [-0.39, 0.29) is 12.6 Å². The molecule has 2 N–H and O–H groups in total. The Bertz CT molecular complexity index is 352. The van der Waals surface area contributed by atoms with Gasteiger partial charge in [-0.05, 0) is 12.5 Å². The zero-order valence-corrected chi connectivity index (χ0v) is 9.63. The lowest BCUT2D eigenvalue weighted by Crippen LogP contribution is -2.15. The highest BCUT2D eigenvalue weighted by atomic mass is 19.4. The maximum Gasteiger partial charge on any atom is 0.392 e. The van der Waals surface area contributed by atoms with Gasteiger partial charge in [-0.25, -0.2) is 0 Å². The molecule has 0 amide bonds. The van der Waals surface area contributed by atoms with Gasteiger partial charge in [0.05, 0.1) is 13.0 Å². The van der Waals surface area contributed by atoms with E-state index in [2.05, 4.69) is 0 Å². The van der Waals surface area contributed by atoms with E-state index >= 15 is 0 Å². The van der Waals surface area contributed by atoms with Crippen LogP contribution in [0.5, 0.6) is 5.75 Å². The predicted molar refractivity (Wildman–Crippen MR) is 59.8 cm³/mol. The van der Waals surface area contributed by atoms with Crippen LogP contribution < -0.4 is 10.5 Å². The molecule has 0 bridgehead atoms. The molecule has 2 nitrogen and oxygen atoms in total. The van der Waals surface area contributed by atoms with Crippen LogP contribution in [0.25, 0.3) is 0 Å².